The Bertz CT molecular complexity index is 550. The second kappa shape index (κ2) is 5.16. The van der Waals surface area contributed by atoms with E-state index in [0.29, 0.717) is 12.1 Å². The average molecular weight is 311 g/mol. The third-order valence-electron chi connectivity index (χ3n) is 2.79. The molecule has 0 amide bonds. The molecule has 2 rings (SSSR count). The van der Waals surface area contributed by atoms with Crippen LogP contribution in [-0.2, 0) is 13.5 Å². The largest absolute Gasteiger partial charge is 0.386 e. The number of aromatic nitrogens is 4. The number of nitrogens with zero attached hydrogens (tertiary/aromatic N) is 4. The summed E-state index contributed by atoms with van der Waals surface area (Å²) in [6.07, 6.45) is 3.04. The minimum absolute atomic E-state index is 0.454. The minimum Gasteiger partial charge on any atom is -0.386 e. The van der Waals surface area contributed by atoms with Crippen LogP contribution in [-0.4, -0.2) is 24.9 Å². The number of aliphatic hydroxyl groups is 1. The summed E-state index contributed by atoms with van der Waals surface area (Å²) in [7, 11) is 1.86. The van der Waals surface area contributed by atoms with E-state index in [1.807, 2.05) is 20.9 Å². The van der Waals surface area contributed by atoms with Gasteiger partial charge in [0, 0.05) is 19.7 Å². The van der Waals surface area contributed by atoms with Crippen LogP contribution in [0, 0.1) is 13.8 Å². The molecule has 0 fully saturated rings. The summed E-state index contributed by atoms with van der Waals surface area (Å²) in [5.41, 5.74) is 3.27. The van der Waals surface area contributed by atoms with Gasteiger partial charge in [-0.05, 0) is 29.8 Å². The van der Waals surface area contributed by atoms with Gasteiger partial charge in [-0.3, -0.25) is 14.6 Å². The highest BCUT2D eigenvalue weighted by atomic mass is 79.9. The molecule has 0 aliphatic carbocycles. The molecule has 0 saturated carbocycles. The Kier molecular flexibility index (Phi) is 3.77. The maximum atomic E-state index is 10.2. The Morgan fingerprint density at radius 1 is 1.33 bits per heavy atom. The van der Waals surface area contributed by atoms with Crippen molar-refractivity contribution in [3.8, 4) is 0 Å². The third-order valence-corrected chi connectivity index (χ3v) is 3.82. The summed E-state index contributed by atoms with van der Waals surface area (Å²) in [5, 5.41) is 14.5. The second-order valence-corrected chi connectivity index (χ2v) is 5.07. The molecule has 5 nitrogen and oxygen atoms in total. The molecular weight excluding hydrogens is 296 g/mol. The van der Waals surface area contributed by atoms with Crippen molar-refractivity contribution in [3.05, 3.63) is 39.6 Å². The molecule has 1 atom stereocenters. The molecule has 0 spiro atoms. The van der Waals surface area contributed by atoms with Gasteiger partial charge in [-0.25, -0.2) is 0 Å². The van der Waals surface area contributed by atoms with E-state index in [1.54, 1.807) is 17.1 Å². The van der Waals surface area contributed by atoms with Gasteiger partial charge in [-0.2, -0.15) is 5.10 Å². The predicted molar refractivity (Wildman–Crippen MR) is 71.1 cm³/mol. The molecule has 2 heterocycles. The minimum atomic E-state index is -0.677. The number of hydrogen-bond acceptors (Lipinski definition) is 4. The standard InChI is InChI=1S/C12H15BrN4O/c1-7-5-15-9(6-14-7)11(18)4-10-12(13)8(2)16-17(10)3/h5-6,11,18H,4H2,1-3H3. The number of rotatable bonds is 3. The molecule has 96 valence electrons. The van der Waals surface area contributed by atoms with Crippen LogP contribution in [0.15, 0.2) is 16.9 Å². The van der Waals surface area contributed by atoms with E-state index in [1.165, 1.54) is 0 Å². The fraction of sp³-hybridized carbons (Fsp3) is 0.417. The lowest BCUT2D eigenvalue weighted by Crippen LogP contribution is -2.09. The maximum absolute atomic E-state index is 10.2. The first kappa shape index (κ1) is 13.2. The molecule has 1 unspecified atom stereocenters. The average Bonchev–Trinajstić information content (AvgIpc) is 2.57. The Balaban J connectivity index is 2.21. The predicted octanol–water partition coefficient (Wildman–Crippen LogP) is 1.87. The highest BCUT2D eigenvalue weighted by Gasteiger charge is 2.17. The van der Waals surface area contributed by atoms with E-state index >= 15 is 0 Å². The molecule has 0 aliphatic heterocycles. The van der Waals surface area contributed by atoms with Gasteiger partial charge in [-0.1, -0.05) is 0 Å². The molecule has 0 bridgehead atoms. The summed E-state index contributed by atoms with van der Waals surface area (Å²) in [4.78, 5) is 8.32. The topological polar surface area (TPSA) is 63.8 Å². The van der Waals surface area contributed by atoms with Crippen LogP contribution in [0.4, 0.5) is 0 Å². The first-order chi connectivity index (χ1) is 8.49. The van der Waals surface area contributed by atoms with E-state index < -0.39 is 6.10 Å². The summed E-state index contributed by atoms with van der Waals surface area (Å²) in [5.74, 6) is 0. The molecule has 1 N–H and O–H groups in total. The van der Waals surface area contributed by atoms with Crippen molar-refractivity contribution in [3.63, 3.8) is 0 Å². The second-order valence-electron chi connectivity index (χ2n) is 4.27. The van der Waals surface area contributed by atoms with Gasteiger partial charge in [0.2, 0.25) is 0 Å². The summed E-state index contributed by atoms with van der Waals surface area (Å²) >= 11 is 3.48. The van der Waals surface area contributed by atoms with Gasteiger partial charge in [0.25, 0.3) is 0 Å². The van der Waals surface area contributed by atoms with E-state index in [9.17, 15) is 5.11 Å². The van der Waals surface area contributed by atoms with E-state index in [-0.39, 0.29) is 0 Å². The quantitative estimate of drug-likeness (QED) is 0.940. The first-order valence-electron chi connectivity index (χ1n) is 5.63. The van der Waals surface area contributed by atoms with E-state index in [2.05, 4.69) is 31.0 Å². The monoisotopic (exact) mass is 310 g/mol. The zero-order chi connectivity index (χ0) is 13.3. The molecule has 2 aromatic heterocycles. The van der Waals surface area contributed by atoms with Crippen molar-refractivity contribution in [2.75, 3.05) is 0 Å². The zero-order valence-electron chi connectivity index (χ0n) is 10.6. The Hall–Kier alpha value is -1.27. The number of aliphatic hydroxyl groups excluding tert-OH is 1. The lowest BCUT2D eigenvalue weighted by Gasteiger charge is -2.10. The molecule has 6 heteroatoms. The molecule has 0 radical (unpaired) electrons. The number of halogens is 1. The number of hydrogen-bond donors (Lipinski definition) is 1. The summed E-state index contributed by atoms with van der Waals surface area (Å²) in [6.45, 7) is 3.79. The van der Waals surface area contributed by atoms with Gasteiger partial charge in [0.1, 0.15) is 6.10 Å². The first-order valence-corrected chi connectivity index (χ1v) is 6.43. The van der Waals surface area contributed by atoms with Crippen LogP contribution in [0.3, 0.4) is 0 Å². The van der Waals surface area contributed by atoms with Crippen molar-refractivity contribution in [1.29, 1.82) is 0 Å². The normalized spacial score (nSPS) is 12.7. The zero-order valence-corrected chi connectivity index (χ0v) is 12.1. The van der Waals surface area contributed by atoms with E-state index in [0.717, 1.165) is 21.6 Å². The van der Waals surface area contributed by atoms with Crippen molar-refractivity contribution in [2.45, 2.75) is 26.4 Å². The van der Waals surface area contributed by atoms with Crippen LogP contribution in [0.1, 0.15) is 28.9 Å². The highest BCUT2D eigenvalue weighted by Crippen LogP contribution is 2.25. The fourth-order valence-electron chi connectivity index (χ4n) is 1.76. The van der Waals surface area contributed by atoms with Crippen LogP contribution >= 0.6 is 15.9 Å². The molecular formula is C12H15BrN4O. The Morgan fingerprint density at radius 2 is 2.06 bits per heavy atom. The Morgan fingerprint density at radius 3 is 2.56 bits per heavy atom. The van der Waals surface area contributed by atoms with Crippen molar-refractivity contribution < 1.29 is 5.11 Å². The molecule has 18 heavy (non-hydrogen) atoms. The lowest BCUT2D eigenvalue weighted by molar-refractivity contribution is 0.170. The van der Waals surface area contributed by atoms with Gasteiger partial charge < -0.3 is 5.11 Å². The van der Waals surface area contributed by atoms with Crippen LogP contribution < -0.4 is 0 Å². The van der Waals surface area contributed by atoms with Crippen LogP contribution in [0.25, 0.3) is 0 Å². The molecule has 0 aromatic carbocycles. The maximum Gasteiger partial charge on any atom is 0.103 e. The van der Waals surface area contributed by atoms with Crippen molar-refractivity contribution in [2.24, 2.45) is 7.05 Å². The van der Waals surface area contributed by atoms with Crippen molar-refractivity contribution in [1.82, 2.24) is 19.7 Å². The van der Waals surface area contributed by atoms with Crippen LogP contribution in [0.5, 0.6) is 0 Å². The summed E-state index contributed by atoms with van der Waals surface area (Å²) in [6, 6.07) is 0. The third kappa shape index (κ3) is 2.59. The lowest BCUT2D eigenvalue weighted by atomic mass is 10.1. The fourth-order valence-corrected chi connectivity index (χ4v) is 2.26. The van der Waals surface area contributed by atoms with Gasteiger partial charge in [-0.15, -0.1) is 0 Å². The molecule has 0 aliphatic rings. The van der Waals surface area contributed by atoms with Crippen molar-refractivity contribution >= 4 is 15.9 Å². The SMILES string of the molecule is Cc1cnc(C(O)Cc2c(Br)c(C)nn2C)cn1. The van der Waals surface area contributed by atoms with Gasteiger partial charge >= 0.3 is 0 Å². The molecule has 0 saturated heterocycles. The number of aryl methyl sites for hydroxylation is 3. The van der Waals surface area contributed by atoms with Crippen LogP contribution in [0.2, 0.25) is 0 Å². The smallest absolute Gasteiger partial charge is 0.103 e. The Labute approximate surface area is 114 Å². The van der Waals surface area contributed by atoms with Gasteiger partial charge in [0.05, 0.1) is 33.4 Å². The van der Waals surface area contributed by atoms with Gasteiger partial charge in [0.15, 0.2) is 0 Å². The summed E-state index contributed by atoms with van der Waals surface area (Å²) < 4.78 is 2.70. The highest BCUT2D eigenvalue weighted by molar-refractivity contribution is 9.10. The molecule has 2 aromatic rings. The van der Waals surface area contributed by atoms with E-state index in [4.69, 9.17) is 0 Å².